The molecule has 1 aromatic carbocycles. The molecule has 0 N–H and O–H groups in total. The third-order valence-corrected chi connectivity index (χ3v) is 3.60. The fraction of sp³-hybridized carbons (Fsp3) is 0.308. The third-order valence-electron chi connectivity index (χ3n) is 3.37. The van der Waals surface area contributed by atoms with Crippen LogP contribution in [0.4, 0.5) is 0 Å². The molecule has 2 aliphatic carbocycles. The van der Waals surface area contributed by atoms with Crippen LogP contribution in [0.5, 0.6) is 0 Å². The minimum atomic E-state index is 0.0843. The lowest BCUT2D eigenvalue weighted by Crippen LogP contribution is -2.30. The largest absolute Gasteiger partial charge is 0.298 e. The van der Waals surface area contributed by atoms with Crippen molar-refractivity contribution in [1.29, 1.82) is 0 Å². The van der Waals surface area contributed by atoms with Crippen LogP contribution in [0.2, 0.25) is 5.02 Å². The molecule has 2 bridgehead atoms. The molecule has 0 aliphatic heterocycles. The van der Waals surface area contributed by atoms with Crippen LogP contribution in [0, 0.1) is 5.92 Å². The van der Waals surface area contributed by atoms with Gasteiger partial charge in [0.25, 0.3) is 0 Å². The van der Waals surface area contributed by atoms with E-state index in [0.717, 1.165) is 17.9 Å². The molecule has 1 aromatic rings. The zero-order valence-corrected chi connectivity index (χ0v) is 9.00. The van der Waals surface area contributed by atoms with E-state index in [1.165, 1.54) is 11.1 Å². The number of carbonyl (C=O) groups is 1. The maximum atomic E-state index is 12.0. The summed E-state index contributed by atoms with van der Waals surface area (Å²) in [5.41, 5.74) is 2.44. The van der Waals surface area contributed by atoms with Crippen molar-refractivity contribution < 1.29 is 4.79 Å². The van der Waals surface area contributed by atoms with Crippen LogP contribution < -0.4 is 0 Å². The number of ketones is 1. The van der Waals surface area contributed by atoms with Crippen molar-refractivity contribution in [3.05, 3.63) is 46.5 Å². The van der Waals surface area contributed by atoms with Crippen LogP contribution in [-0.2, 0) is 11.2 Å². The van der Waals surface area contributed by atoms with Gasteiger partial charge in [-0.3, -0.25) is 4.79 Å². The lowest BCUT2D eigenvalue weighted by molar-refractivity contribution is -0.123. The normalized spacial score (nSPS) is 27.7. The van der Waals surface area contributed by atoms with Crippen molar-refractivity contribution in [1.82, 2.24) is 0 Å². The number of halogens is 1. The summed E-state index contributed by atoms with van der Waals surface area (Å²) in [7, 11) is 0. The van der Waals surface area contributed by atoms with E-state index < -0.39 is 0 Å². The van der Waals surface area contributed by atoms with Crippen molar-refractivity contribution >= 4 is 17.4 Å². The number of carbonyl (C=O) groups excluding carboxylic acids is 1. The standard InChI is InChI=1S/C13H11ClO/c14-10-4-5-11-9(7-10)6-8-2-1-3-12(11)13(8)15/h1-2,4-5,7-8,12H,3,6H2/t8-,12+/m0/s1. The van der Waals surface area contributed by atoms with E-state index in [9.17, 15) is 4.79 Å². The summed E-state index contributed by atoms with van der Waals surface area (Å²) in [4.78, 5) is 12.0. The van der Waals surface area contributed by atoms with Gasteiger partial charge in [0.05, 0.1) is 0 Å². The van der Waals surface area contributed by atoms with Crippen LogP contribution in [0.15, 0.2) is 30.4 Å². The molecule has 0 saturated carbocycles. The van der Waals surface area contributed by atoms with Crippen molar-refractivity contribution in [3.63, 3.8) is 0 Å². The van der Waals surface area contributed by atoms with E-state index in [4.69, 9.17) is 11.6 Å². The number of hydrogen-bond acceptors (Lipinski definition) is 1. The minimum Gasteiger partial charge on any atom is -0.298 e. The molecule has 0 radical (unpaired) electrons. The fourth-order valence-electron chi connectivity index (χ4n) is 2.63. The third kappa shape index (κ3) is 1.34. The highest BCUT2D eigenvalue weighted by Gasteiger charge is 2.35. The zero-order valence-electron chi connectivity index (χ0n) is 8.24. The first-order chi connectivity index (χ1) is 7.25. The predicted octanol–water partition coefficient (Wildman–Crippen LogP) is 3.12. The molecule has 0 amide bonds. The first-order valence-electron chi connectivity index (χ1n) is 5.24. The lowest BCUT2D eigenvalue weighted by atomic mass is 9.71. The summed E-state index contributed by atoms with van der Waals surface area (Å²) < 4.78 is 0. The molecule has 1 nitrogen and oxygen atoms in total. The molecule has 0 spiro atoms. The van der Waals surface area contributed by atoms with Gasteiger partial charge < -0.3 is 0 Å². The van der Waals surface area contributed by atoms with Gasteiger partial charge in [0.2, 0.25) is 0 Å². The Morgan fingerprint density at radius 2 is 2.20 bits per heavy atom. The second-order valence-electron chi connectivity index (χ2n) is 4.27. The summed E-state index contributed by atoms with van der Waals surface area (Å²) in [5.74, 6) is 0.558. The van der Waals surface area contributed by atoms with Gasteiger partial charge in [-0.15, -0.1) is 0 Å². The molecule has 76 valence electrons. The van der Waals surface area contributed by atoms with Gasteiger partial charge in [-0.25, -0.2) is 0 Å². The van der Waals surface area contributed by atoms with Crippen molar-refractivity contribution in [2.45, 2.75) is 18.8 Å². The Hall–Kier alpha value is -1.08. The van der Waals surface area contributed by atoms with Gasteiger partial charge in [0.1, 0.15) is 5.78 Å². The van der Waals surface area contributed by atoms with Crippen LogP contribution in [0.25, 0.3) is 0 Å². The Labute approximate surface area is 93.7 Å². The highest BCUT2D eigenvalue weighted by Crippen LogP contribution is 2.38. The van der Waals surface area contributed by atoms with Crippen LogP contribution in [0.3, 0.4) is 0 Å². The zero-order chi connectivity index (χ0) is 10.4. The maximum absolute atomic E-state index is 12.0. The molecular formula is C13H11ClO. The van der Waals surface area contributed by atoms with E-state index >= 15 is 0 Å². The molecule has 2 atom stereocenters. The Morgan fingerprint density at radius 3 is 3.07 bits per heavy atom. The summed E-state index contributed by atoms with van der Waals surface area (Å²) in [6, 6.07) is 5.89. The van der Waals surface area contributed by atoms with Gasteiger partial charge in [0, 0.05) is 16.9 Å². The molecule has 2 aliphatic rings. The Bertz CT molecular complexity index is 462. The van der Waals surface area contributed by atoms with Crippen LogP contribution in [0.1, 0.15) is 23.5 Å². The Kier molecular flexibility index (Phi) is 1.96. The van der Waals surface area contributed by atoms with Crippen molar-refractivity contribution in [2.24, 2.45) is 5.92 Å². The Morgan fingerprint density at radius 1 is 1.33 bits per heavy atom. The molecule has 15 heavy (non-hydrogen) atoms. The van der Waals surface area contributed by atoms with Crippen molar-refractivity contribution in [2.75, 3.05) is 0 Å². The van der Waals surface area contributed by atoms with Crippen LogP contribution in [-0.4, -0.2) is 5.78 Å². The maximum Gasteiger partial charge on any atom is 0.147 e. The molecule has 0 saturated heterocycles. The number of benzene rings is 1. The van der Waals surface area contributed by atoms with E-state index in [1.54, 1.807) is 0 Å². The molecule has 3 rings (SSSR count). The summed E-state index contributed by atoms with van der Waals surface area (Å²) in [6.45, 7) is 0. The molecule has 0 aromatic heterocycles. The Balaban J connectivity index is 2.16. The predicted molar refractivity (Wildman–Crippen MR) is 60.2 cm³/mol. The molecule has 0 heterocycles. The number of fused-ring (bicyclic) bond motifs is 4. The van der Waals surface area contributed by atoms with Gasteiger partial charge in [-0.05, 0) is 36.1 Å². The SMILES string of the molecule is O=C1[C@H]2C=CC[C@@H]1c1ccc(Cl)cc1C2. The average molecular weight is 219 g/mol. The highest BCUT2D eigenvalue weighted by atomic mass is 35.5. The summed E-state index contributed by atoms with van der Waals surface area (Å²) in [5, 5.41) is 0.769. The first kappa shape index (κ1) is 9.17. The lowest BCUT2D eigenvalue weighted by Gasteiger charge is -2.31. The quantitative estimate of drug-likeness (QED) is 0.612. The second kappa shape index (κ2) is 3.21. The second-order valence-corrected chi connectivity index (χ2v) is 4.71. The van der Waals surface area contributed by atoms with Gasteiger partial charge in [-0.2, -0.15) is 0 Å². The summed E-state index contributed by atoms with van der Waals surface area (Å²) >= 11 is 5.97. The van der Waals surface area contributed by atoms with Gasteiger partial charge in [0.15, 0.2) is 0 Å². The van der Waals surface area contributed by atoms with Gasteiger partial charge >= 0.3 is 0 Å². The molecular weight excluding hydrogens is 208 g/mol. The minimum absolute atomic E-state index is 0.0843. The number of rotatable bonds is 0. The van der Waals surface area contributed by atoms with E-state index in [0.29, 0.717) is 5.78 Å². The smallest absolute Gasteiger partial charge is 0.147 e. The van der Waals surface area contributed by atoms with E-state index in [2.05, 4.69) is 6.08 Å². The molecule has 0 fully saturated rings. The molecule has 0 unspecified atom stereocenters. The van der Waals surface area contributed by atoms with Crippen molar-refractivity contribution in [3.8, 4) is 0 Å². The monoisotopic (exact) mass is 218 g/mol. The fourth-order valence-corrected chi connectivity index (χ4v) is 2.82. The topological polar surface area (TPSA) is 17.1 Å². The van der Waals surface area contributed by atoms with Gasteiger partial charge in [-0.1, -0.05) is 29.8 Å². The average Bonchev–Trinajstić information content (AvgIpc) is 2.19. The molecule has 2 heteroatoms. The first-order valence-corrected chi connectivity index (χ1v) is 5.62. The number of allylic oxidation sites excluding steroid dienone is 2. The summed E-state index contributed by atoms with van der Waals surface area (Å²) in [6.07, 6.45) is 5.85. The number of Topliss-reactive ketones (excluding diaryl/α,β-unsaturated/α-hetero) is 1. The van der Waals surface area contributed by atoms with E-state index in [-0.39, 0.29) is 11.8 Å². The van der Waals surface area contributed by atoms with Crippen LogP contribution >= 0.6 is 11.6 Å². The highest BCUT2D eigenvalue weighted by molar-refractivity contribution is 6.30. The van der Waals surface area contributed by atoms with E-state index in [1.807, 2.05) is 24.3 Å². The number of hydrogen-bond donors (Lipinski definition) is 0.